The van der Waals surface area contributed by atoms with Gasteiger partial charge in [0, 0.05) is 14.8 Å². The lowest BCUT2D eigenvalue weighted by atomic mass is 10.1. The third-order valence-electron chi connectivity index (χ3n) is 3.24. The molecule has 1 aromatic carbocycles. The molecule has 1 unspecified atom stereocenters. The van der Waals surface area contributed by atoms with E-state index in [1.54, 1.807) is 23.1 Å². The van der Waals surface area contributed by atoms with Gasteiger partial charge in [0.25, 0.3) is 0 Å². The monoisotopic (exact) mass is 325 g/mol. The highest BCUT2D eigenvalue weighted by molar-refractivity contribution is 7.98. The molecule has 1 N–H and O–H groups in total. The lowest BCUT2D eigenvalue weighted by Gasteiger charge is -2.02. The van der Waals surface area contributed by atoms with Crippen molar-refractivity contribution < 1.29 is 9.90 Å². The fraction of sp³-hybridized carbons (Fsp3) is 0.286. The number of nitrogens with zero attached hydrogens (tertiary/aromatic N) is 1. The fourth-order valence-electron chi connectivity index (χ4n) is 2.26. The van der Waals surface area contributed by atoms with Crippen LogP contribution in [0.3, 0.4) is 0 Å². The van der Waals surface area contributed by atoms with Crippen molar-refractivity contribution in [3.8, 4) is 0 Å². The van der Waals surface area contributed by atoms with Gasteiger partial charge < -0.3 is 5.11 Å². The van der Waals surface area contributed by atoms with Crippen LogP contribution in [0.2, 0.25) is 5.02 Å². The summed E-state index contributed by atoms with van der Waals surface area (Å²) in [5, 5.41) is 10.9. The molecule has 1 heterocycles. The van der Waals surface area contributed by atoms with Gasteiger partial charge in [-0.05, 0) is 37.1 Å². The van der Waals surface area contributed by atoms with Crippen LogP contribution in [-0.2, 0) is 17.0 Å². The van der Waals surface area contributed by atoms with E-state index in [1.165, 1.54) is 0 Å². The lowest BCUT2D eigenvalue weighted by Crippen LogP contribution is -2.08. The molecule has 6 heteroatoms. The average Bonchev–Trinajstić information content (AvgIpc) is 2.97. The van der Waals surface area contributed by atoms with E-state index in [4.69, 9.17) is 16.7 Å². The summed E-state index contributed by atoms with van der Waals surface area (Å²) in [4.78, 5) is 17.9. The van der Waals surface area contributed by atoms with Crippen molar-refractivity contribution in [1.82, 2.24) is 4.98 Å². The van der Waals surface area contributed by atoms with E-state index in [0.717, 1.165) is 37.7 Å². The Hall–Kier alpha value is -1.04. The van der Waals surface area contributed by atoms with E-state index in [1.807, 2.05) is 24.3 Å². The van der Waals surface area contributed by atoms with E-state index in [2.05, 4.69) is 4.98 Å². The minimum absolute atomic E-state index is 0.407. The fourth-order valence-corrected chi connectivity index (χ4v) is 4.42. The number of hydrogen-bond acceptors (Lipinski definition) is 4. The molecule has 20 heavy (non-hydrogen) atoms. The smallest absolute Gasteiger partial charge is 0.312 e. The molecular formula is C14H12ClNO2S2. The first-order valence-corrected chi connectivity index (χ1v) is 8.41. The van der Waals surface area contributed by atoms with Crippen LogP contribution in [0.15, 0.2) is 29.2 Å². The molecule has 3 nitrogen and oxygen atoms in total. The molecule has 0 radical (unpaired) electrons. The average molecular weight is 326 g/mol. The van der Waals surface area contributed by atoms with Gasteiger partial charge in [-0.2, -0.15) is 0 Å². The first-order chi connectivity index (χ1) is 9.63. The van der Waals surface area contributed by atoms with E-state index in [0.29, 0.717) is 6.42 Å². The number of carbonyl (C=O) groups is 1. The Morgan fingerprint density at radius 2 is 2.20 bits per heavy atom. The molecule has 0 saturated heterocycles. The number of thioether (sulfide) groups is 1. The molecular weight excluding hydrogens is 314 g/mol. The summed E-state index contributed by atoms with van der Waals surface area (Å²) in [6.45, 7) is 0. The molecule has 1 aliphatic carbocycles. The molecule has 0 aliphatic heterocycles. The zero-order valence-corrected chi connectivity index (χ0v) is 12.9. The van der Waals surface area contributed by atoms with Crippen molar-refractivity contribution >= 4 is 40.7 Å². The van der Waals surface area contributed by atoms with Crippen molar-refractivity contribution in [3.05, 3.63) is 44.9 Å². The summed E-state index contributed by atoms with van der Waals surface area (Å²) in [6, 6.07) is 7.70. The Labute approximate surface area is 130 Å². The third-order valence-corrected chi connectivity index (χ3v) is 5.82. The molecule has 0 fully saturated rings. The van der Waals surface area contributed by atoms with Crippen molar-refractivity contribution in [1.29, 1.82) is 0 Å². The van der Waals surface area contributed by atoms with E-state index >= 15 is 0 Å². The molecule has 0 spiro atoms. The number of carboxylic acid groups (broad SMARTS) is 1. The maximum absolute atomic E-state index is 11.1. The van der Waals surface area contributed by atoms with Gasteiger partial charge in [0.2, 0.25) is 0 Å². The van der Waals surface area contributed by atoms with Gasteiger partial charge in [-0.1, -0.05) is 11.6 Å². The Bertz CT molecular complexity index is 639. The molecule has 3 rings (SSSR count). The van der Waals surface area contributed by atoms with Crippen molar-refractivity contribution in [2.24, 2.45) is 0 Å². The highest BCUT2D eigenvalue weighted by atomic mass is 35.5. The van der Waals surface area contributed by atoms with Crippen LogP contribution >= 0.6 is 34.7 Å². The first kappa shape index (κ1) is 13.9. The second kappa shape index (κ2) is 5.76. The Morgan fingerprint density at radius 1 is 1.45 bits per heavy atom. The van der Waals surface area contributed by atoms with Crippen molar-refractivity contribution in [3.63, 3.8) is 0 Å². The van der Waals surface area contributed by atoms with Gasteiger partial charge in [-0.25, -0.2) is 4.98 Å². The van der Waals surface area contributed by atoms with Crippen LogP contribution in [0.25, 0.3) is 0 Å². The maximum atomic E-state index is 11.1. The number of rotatable bonds is 4. The second-order valence-electron chi connectivity index (χ2n) is 4.59. The summed E-state index contributed by atoms with van der Waals surface area (Å²) in [7, 11) is 0. The Balaban J connectivity index is 1.69. The topological polar surface area (TPSA) is 50.2 Å². The largest absolute Gasteiger partial charge is 0.481 e. The number of carboxylic acids is 1. The standard InChI is InChI=1S/C14H12ClNO2S2/c15-8-1-3-9(4-2-8)19-7-12-16-13-10(14(17)18)5-6-11(13)20-12/h1-4,10H,5-7H2,(H,17,18). The number of halogens is 1. The van der Waals surface area contributed by atoms with Gasteiger partial charge in [-0.15, -0.1) is 23.1 Å². The third kappa shape index (κ3) is 2.85. The summed E-state index contributed by atoms with van der Waals surface area (Å²) >= 11 is 9.18. The van der Waals surface area contributed by atoms with E-state index in [9.17, 15) is 4.79 Å². The second-order valence-corrected chi connectivity index (χ2v) is 7.24. The molecule has 2 aromatic rings. The zero-order valence-electron chi connectivity index (χ0n) is 10.5. The summed E-state index contributed by atoms with van der Waals surface area (Å²) in [5.41, 5.74) is 0.786. The Morgan fingerprint density at radius 3 is 2.90 bits per heavy atom. The number of hydrogen-bond donors (Lipinski definition) is 1. The number of thiazole rings is 1. The summed E-state index contributed by atoms with van der Waals surface area (Å²) in [5.74, 6) is -0.396. The van der Waals surface area contributed by atoms with Crippen LogP contribution < -0.4 is 0 Å². The summed E-state index contributed by atoms with van der Waals surface area (Å²) in [6.07, 6.45) is 1.53. The quantitative estimate of drug-likeness (QED) is 0.856. The normalized spacial score (nSPS) is 17.1. The van der Waals surface area contributed by atoms with Gasteiger partial charge in [0.1, 0.15) is 10.9 Å². The number of benzene rings is 1. The van der Waals surface area contributed by atoms with Crippen molar-refractivity contribution in [2.75, 3.05) is 0 Å². The van der Waals surface area contributed by atoms with Crippen LogP contribution in [-0.4, -0.2) is 16.1 Å². The predicted octanol–water partition coefficient (Wildman–Crippen LogP) is 4.20. The van der Waals surface area contributed by atoms with Crippen molar-refractivity contribution in [2.45, 2.75) is 29.4 Å². The van der Waals surface area contributed by atoms with Gasteiger partial charge >= 0.3 is 5.97 Å². The molecule has 1 atom stereocenters. The molecule has 0 amide bonds. The number of fused-ring (bicyclic) bond motifs is 1. The van der Waals surface area contributed by atoms with Gasteiger partial charge in [-0.3, -0.25) is 4.79 Å². The van der Waals surface area contributed by atoms with Crippen LogP contribution in [0, 0.1) is 0 Å². The zero-order chi connectivity index (χ0) is 14.1. The minimum atomic E-state index is -0.758. The number of aryl methyl sites for hydroxylation is 1. The molecule has 0 bridgehead atoms. The van der Waals surface area contributed by atoms with E-state index in [-0.39, 0.29) is 0 Å². The lowest BCUT2D eigenvalue weighted by molar-refractivity contribution is -0.138. The van der Waals surface area contributed by atoms with Crippen LogP contribution in [0.1, 0.15) is 27.9 Å². The molecule has 1 aromatic heterocycles. The highest BCUT2D eigenvalue weighted by Gasteiger charge is 2.32. The molecule has 1 aliphatic rings. The SMILES string of the molecule is O=C(O)C1CCc2sc(CSc3ccc(Cl)cc3)nc21. The summed E-state index contributed by atoms with van der Waals surface area (Å²) < 4.78 is 0. The Kier molecular flexibility index (Phi) is 4.01. The molecule has 104 valence electrons. The number of aromatic nitrogens is 1. The molecule has 0 saturated carbocycles. The minimum Gasteiger partial charge on any atom is -0.481 e. The van der Waals surface area contributed by atoms with Crippen LogP contribution in [0.5, 0.6) is 0 Å². The number of aliphatic carboxylic acids is 1. The highest BCUT2D eigenvalue weighted by Crippen LogP contribution is 2.38. The van der Waals surface area contributed by atoms with Crippen LogP contribution in [0.4, 0.5) is 0 Å². The van der Waals surface area contributed by atoms with Gasteiger partial charge in [0.05, 0.1) is 11.4 Å². The first-order valence-electron chi connectivity index (χ1n) is 6.23. The van der Waals surface area contributed by atoms with E-state index < -0.39 is 11.9 Å². The maximum Gasteiger partial charge on any atom is 0.312 e. The predicted molar refractivity (Wildman–Crippen MR) is 81.8 cm³/mol. The van der Waals surface area contributed by atoms with Gasteiger partial charge in [0.15, 0.2) is 0 Å².